The number of anilines is 1. The Kier molecular flexibility index (Phi) is 7.79. The third kappa shape index (κ3) is 5.84. The third-order valence-electron chi connectivity index (χ3n) is 6.38. The normalized spacial score (nSPS) is 13.9. The molecule has 1 aliphatic rings. The lowest BCUT2D eigenvalue weighted by Gasteiger charge is -2.35. The van der Waals surface area contributed by atoms with E-state index >= 15 is 0 Å². The molecule has 0 spiro atoms. The Labute approximate surface area is 217 Å². The van der Waals surface area contributed by atoms with Gasteiger partial charge in [-0.15, -0.1) is 10.2 Å². The van der Waals surface area contributed by atoms with Gasteiger partial charge in [-0.25, -0.2) is 0 Å². The van der Waals surface area contributed by atoms with Crippen LogP contribution in [-0.2, 0) is 6.18 Å². The zero-order valence-corrected chi connectivity index (χ0v) is 20.9. The smallest absolute Gasteiger partial charge is 0.416 e. The van der Waals surface area contributed by atoms with Crippen molar-refractivity contribution in [3.05, 3.63) is 65.6 Å². The number of carbonyl (C=O) groups excluding carboxylic acids is 2. The molecule has 1 aromatic carbocycles. The summed E-state index contributed by atoms with van der Waals surface area (Å²) >= 11 is 0. The van der Waals surface area contributed by atoms with Crippen LogP contribution in [0.5, 0.6) is 5.75 Å². The van der Waals surface area contributed by atoms with Crippen molar-refractivity contribution >= 4 is 17.6 Å². The van der Waals surface area contributed by atoms with Crippen LogP contribution in [-0.4, -0.2) is 81.2 Å². The van der Waals surface area contributed by atoms with E-state index in [-0.39, 0.29) is 47.1 Å². The van der Waals surface area contributed by atoms with E-state index in [0.29, 0.717) is 32.0 Å². The summed E-state index contributed by atoms with van der Waals surface area (Å²) in [6, 6.07) is 7.74. The van der Waals surface area contributed by atoms with E-state index < -0.39 is 17.6 Å². The Morgan fingerprint density at radius 2 is 1.66 bits per heavy atom. The van der Waals surface area contributed by atoms with Crippen LogP contribution in [0.1, 0.15) is 40.3 Å². The average Bonchev–Trinajstić information content (AvgIpc) is 2.92. The van der Waals surface area contributed by atoms with Crippen LogP contribution in [0.3, 0.4) is 0 Å². The van der Waals surface area contributed by atoms with Gasteiger partial charge < -0.3 is 19.8 Å². The van der Waals surface area contributed by atoms with Gasteiger partial charge in [-0.3, -0.25) is 14.6 Å². The van der Waals surface area contributed by atoms with Crippen LogP contribution >= 0.6 is 0 Å². The van der Waals surface area contributed by atoms with Crippen molar-refractivity contribution in [2.75, 3.05) is 44.2 Å². The van der Waals surface area contributed by atoms with E-state index in [2.05, 4.69) is 15.2 Å². The standard InChI is InChI=1S/C26H27F3N6O3/c1-3-33(4-2)25(38)22-5-6-23(32-31-22)34-7-9-35(10-8-34)24(37)18-11-17(12-20(13-18)26(27,28)29)19-14-21(36)16-30-15-19/h5-6,11-16,36H,3-4,7-10H2,1-2H3. The first-order valence-electron chi connectivity index (χ1n) is 12.1. The van der Waals surface area contributed by atoms with E-state index in [1.165, 1.54) is 29.4 Å². The highest BCUT2D eigenvalue weighted by Gasteiger charge is 2.33. The van der Waals surface area contributed by atoms with Crippen molar-refractivity contribution < 1.29 is 27.9 Å². The maximum atomic E-state index is 13.6. The minimum Gasteiger partial charge on any atom is -0.506 e. The van der Waals surface area contributed by atoms with E-state index in [9.17, 15) is 27.9 Å². The second-order valence-corrected chi connectivity index (χ2v) is 8.76. The second kappa shape index (κ2) is 11.0. The number of piperazine rings is 1. The molecule has 2 amide bonds. The molecular formula is C26H27F3N6O3. The quantitative estimate of drug-likeness (QED) is 0.520. The van der Waals surface area contributed by atoms with Gasteiger partial charge in [0.1, 0.15) is 5.75 Å². The molecule has 0 saturated carbocycles. The molecular weight excluding hydrogens is 501 g/mol. The lowest BCUT2D eigenvalue weighted by Crippen LogP contribution is -2.49. The molecule has 1 aliphatic heterocycles. The van der Waals surface area contributed by atoms with Crippen LogP contribution in [0.2, 0.25) is 0 Å². The predicted octanol–water partition coefficient (Wildman–Crippen LogP) is 3.71. The molecule has 12 heteroatoms. The van der Waals surface area contributed by atoms with Crippen molar-refractivity contribution in [2.45, 2.75) is 20.0 Å². The van der Waals surface area contributed by atoms with Crippen LogP contribution < -0.4 is 4.90 Å². The molecule has 9 nitrogen and oxygen atoms in total. The van der Waals surface area contributed by atoms with Gasteiger partial charge in [0.15, 0.2) is 11.5 Å². The fraction of sp³-hybridized carbons (Fsp3) is 0.346. The van der Waals surface area contributed by atoms with Gasteiger partial charge in [0.05, 0.1) is 11.8 Å². The first kappa shape index (κ1) is 26.8. The maximum absolute atomic E-state index is 13.6. The van der Waals surface area contributed by atoms with E-state index in [1.807, 2.05) is 18.7 Å². The molecule has 1 N–H and O–H groups in total. The van der Waals surface area contributed by atoms with Crippen molar-refractivity contribution in [3.63, 3.8) is 0 Å². The van der Waals surface area contributed by atoms with Crippen LogP contribution in [0.25, 0.3) is 11.1 Å². The molecule has 1 saturated heterocycles. The van der Waals surface area contributed by atoms with Gasteiger partial charge in [-0.2, -0.15) is 13.2 Å². The summed E-state index contributed by atoms with van der Waals surface area (Å²) < 4.78 is 40.9. The summed E-state index contributed by atoms with van der Waals surface area (Å²) in [5.41, 5.74) is -0.439. The molecule has 0 aliphatic carbocycles. The number of hydrogen-bond donors (Lipinski definition) is 1. The first-order chi connectivity index (χ1) is 18.1. The summed E-state index contributed by atoms with van der Waals surface area (Å²) in [5, 5.41) is 17.9. The highest BCUT2D eigenvalue weighted by atomic mass is 19.4. The molecule has 200 valence electrons. The van der Waals surface area contributed by atoms with Crippen LogP contribution in [0, 0.1) is 0 Å². The SMILES string of the molecule is CCN(CC)C(=O)c1ccc(N2CCN(C(=O)c3cc(-c4cncc(O)c4)cc(C(F)(F)F)c3)CC2)nn1. The zero-order chi connectivity index (χ0) is 27.4. The molecule has 0 atom stereocenters. The number of alkyl halides is 3. The number of aromatic nitrogens is 3. The van der Waals surface area contributed by atoms with Gasteiger partial charge in [0, 0.05) is 56.6 Å². The Hall–Kier alpha value is -4.22. The number of nitrogens with zero attached hydrogens (tertiary/aromatic N) is 6. The van der Waals surface area contributed by atoms with Gasteiger partial charge >= 0.3 is 6.18 Å². The number of halogens is 3. The first-order valence-corrected chi connectivity index (χ1v) is 12.1. The Morgan fingerprint density at radius 3 is 2.24 bits per heavy atom. The number of rotatable bonds is 6. The van der Waals surface area contributed by atoms with Gasteiger partial charge in [-0.1, -0.05) is 0 Å². The lowest BCUT2D eigenvalue weighted by atomic mass is 9.99. The Morgan fingerprint density at radius 1 is 0.947 bits per heavy atom. The molecule has 38 heavy (non-hydrogen) atoms. The number of pyridine rings is 1. The van der Waals surface area contributed by atoms with E-state index in [0.717, 1.165) is 12.1 Å². The largest absolute Gasteiger partial charge is 0.506 e. The monoisotopic (exact) mass is 528 g/mol. The minimum absolute atomic E-state index is 0.106. The van der Waals surface area contributed by atoms with Crippen molar-refractivity contribution in [3.8, 4) is 16.9 Å². The zero-order valence-electron chi connectivity index (χ0n) is 20.9. The second-order valence-electron chi connectivity index (χ2n) is 8.76. The molecule has 1 fully saturated rings. The van der Waals surface area contributed by atoms with Gasteiger partial charge in [0.25, 0.3) is 11.8 Å². The molecule has 0 unspecified atom stereocenters. The van der Waals surface area contributed by atoms with Crippen LogP contribution in [0.4, 0.5) is 19.0 Å². The highest BCUT2D eigenvalue weighted by molar-refractivity contribution is 5.96. The fourth-order valence-electron chi connectivity index (χ4n) is 4.27. The average molecular weight is 529 g/mol. The molecule has 0 bridgehead atoms. The van der Waals surface area contributed by atoms with Crippen molar-refractivity contribution in [1.82, 2.24) is 25.0 Å². The van der Waals surface area contributed by atoms with Crippen molar-refractivity contribution in [1.29, 1.82) is 0 Å². The fourth-order valence-corrected chi connectivity index (χ4v) is 4.27. The maximum Gasteiger partial charge on any atom is 0.416 e. The summed E-state index contributed by atoms with van der Waals surface area (Å²) in [5.74, 6) is -0.383. The highest BCUT2D eigenvalue weighted by Crippen LogP contribution is 2.34. The van der Waals surface area contributed by atoms with Gasteiger partial charge in [0.2, 0.25) is 0 Å². The summed E-state index contributed by atoms with van der Waals surface area (Å²) in [7, 11) is 0. The Bertz CT molecular complexity index is 1300. The number of aromatic hydroxyl groups is 1. The molecule has 2 aromatic heterocycles. The third-order valence-corrected chi connectivity index (χ3v) is 6.38. The summed E-state index contributed by atoms with van der Waals surface area (Å²) in [4.78, 5) is 34.5. The Balaban J connectivity index is 1.49. The topological polar surface area (TPSA) is 103 Å². The number of benzene rings is 1. The predicted molar refractivity (Wildman–Crippen MR) is 134 cm³/mol. The minimum atomic E-state index is -4.66. The lowest BCUT2D eigenvalue weighted by molar-refractivity contribution is -0.137. The van der Waals surface area contributed by atoms with Gasteiger partial charge in [-0.05, 0) is 55.8 Å². The van der Waals surface area contributed by atoms with Crippen LogP contribution in [0.15, 0.2) is 48.8 Å². The number of carbonyl (C=O) groups is 2. The summed E-state index contributed by atoms with van der Waals surface area (Å²) in [6.45, 7) is 6.21. The van der Waals surface area contributed by atoms with Crippen molar-refractivity contribution in [2.24, 2.45) is 0 Å². The van der Waals surface area contributed by atoms with E-state index in [4.69, 9.17) is 0 Å². The molecule has 0 radical (unpaired) electrons. The van der Waals surface area contributed by atoms with E-state index in [1.54, 1.807) is 17.0 Å². The number of amides is 2. The molecule has 3 heterocycles. The number of hydrogen-bond acceptors (Lipinski definition) is 7. The summed E-state index contributed by atoms with van der Waals surface area (Å²) in [6.07, 6.45) is -2.17. The molecule has 4 rings (SSSR count). The molecule has 3 aromatic rings.